The maximum Gasteiger partial charge on any atom is 0.110 e. The Morgan fingerprint density at radius 3 is 2.30 bits per heavy atom. The van der Waals surface area contributed by atoms with E-state index in [1.165, 1.54) is 27.6 Å². The summed E-state index contributed by atoms with van der Waals surface area (Å²) in [6.45, 7) is 2.25. The molecule has 0 fully saturated rings. The Morgan fingerprint density at radius 1 is 1.30 bits per heavy atom. The van der Waals surface area contributed by atoms with Crippen molar-refractivity contribution >= 4 is 67.8 Å². The minimum Gasteiger partial charge on any atom is -0.0802 e. The molecule has 0 aromatic heterocycles. The molecule has 10 heavy (non-hydrogen) atoms. The fourth-order valence-electron chi connectivity index (χ4n) is 0.683. The number of hydrogen-bond donors (Lipinski definition) is 0. The van der Waals surface area contributed by atoms with E-state index in [-0.39, 0.29) is 0 Å². The second kappa shape index (κ2) is 7.82. The van der Waals surface area contributed by atoms with Gasteiger partial charge in [-0.15, -0.1) is 0 Å². The Balaban J connectivity index is 3.13. The third-order valence-corrected chi connectivity index (χ3v) is 6.43. The summed E-state index contributed by atoms with van der Waals surface area (Å²) in [5.74, 6) is 0. The topological polar surface area (TPSA) is 0 Å². The van der Waals surface area contributed by atoms with Gasteiger partial charge in [0.25, 0.3) is 0 Å². The predicted octanol–water partition coefficient (Wildman–Crippen LogP) is 4.73. The van der Waals surface area contributed by atoms with Crippen molar-refractivity contribution in [1.82, 2.24) is 0 Å². The van der Waals surface area contributed by atoms with Crippen molar-refractivity contribution in [2.45, 2.75) is 36.5 Å². The summed E-state index contributed by atoms with van der Waals surface area (Å²) in [6, 6.07) is 0. The Morgan fingerprint density at radius 2 is 1.90 bits per heavy atom. The summed E-state index contributed by atoms with van der Waals surface area (Å²) in [6.07, 6.45) is 5.47. The van der Waals surface area contributed by atoms with Crippen molar-refractivity contribution in [3.05, 3.63) is 1.93 Å². The van der Waals surface area contributed by atoms with Crippen LogP contribution in [-0.4, -0.2) is 3.92 Å². The van der Waals surface area contributed by atoms with Crippen LogP contribution in [0.1, 0.15) is 32.6 Å². The van der Waals surface area contributed by atoms with Crippen molar-refractivity contribution in [1.29, 1.82) is 0 Å². The van der Waals surface area contributed by atoms with Crippen LogP contribution in [0, 0.1) is 1.93 Å². The number of hydrogen-bond acceptors (Lipinski definition) is 0. The molecule has 0 bridgehead atoms. The van der Waals surface area contributed by atoms with Crippen molar-refractivity contribution in [2.24, 2.45) is 0 Å². The lowest BCUT2D eigenvalue weighted by Gasteiger charge is -2.08. The van der Waals surface area contributed by atoms with Crippen LogP contribution >= 0.6 is 67.8 Å². The number of unbranched alkanes of at least 4 members (excludes halogenated alkanes) is 2. The smallest absolute Gasteiger partial charge is 0.0802 e. The van der Waals surface area contributed by atoms with Gasteiger partial charge in [0, 0.05) is 3.92 Å². The van der Waals surface area contributed by atoms with E-state index in [0.717, 1.165) is 3.92 Å². The van der Waals surface area contributed by atoms with Crippen molar-refractivity contribution in [2.75, 3.05) is 0 Å². The normalized spacial score (nSPS) is 14.1. The molecule has 0 aliphatic heterocycles. The van der Waals surface area contributed by atoms with Gasteiger partial charge in [0.05, 0.1) is 0 Å². The van der Waals surface area contributed by atoms with Crippen molar-refractivity contribution in [3.8, 4) is 0 Å². The van der Waals surface area contributed by atoms with Crippen LogP contribution in [0.3, 0.4) is 0 Å². The van der Waals surface area contributed by atoms with Gasteiger partial charge in [0.2, 0.25) is 0 Å². The van der Waals surface area contributed by atoms with Gasteiger partial charge in [-0.05, 0) is 6.42 Å². The lowest BCUT2D eigenvalue weighted by atomic mass is 10.2. The van der Waals surface area contributed by atoms with Crippen LogP contribution in [0.15, 0.2) is 0 Å². The van der Waals surface area contributed by atoms with E-state index in [9.17, 15) is 0 Å². The molecule has 1 radical (unpaired) electrons. The van der Waals surface area contributed by atoms with Crippen LogP contribution in [0.5, 0.6) is 0 Å². The summed E-state index contributed by atoms with van der Waals surface area (Å²) in [7, 11) is 0. The summed E-state index contributed by atoms with van der Waals surface area (Å²) >= 11 is 7.35. The van der Waals surface area contributed by atoms with E-state index < -0.39 is 0 Å². The lowest BCUT2D eigenvalue weighted by molar-refractivity contribution is 0.685. The van der Waals surface area contributed by atoms with E-state index >= 15 is 0 Å². The molecular weight excluding hydrogens is 465 g/mol. The van der Waals surface area contributed by atoms with Gasteiger partial charge in [0.15, 0.2) is 0 Å². The summed E-state index contributed by atoms with van der Waals surface area (Å²) < 4.78 is 2.29. The molecule has 0 nitrogen and oxygen atoms in total. The zero-order chi connectivity index (χ0) is 7.98. The Bertz CT molecular complexity index is 73.3. The first-order valence-electron chi connectivity index (χ1n) is 3.50. The van der Waals surface area contributed by atoms with Crippen LogP contribution < -0.4 is 0 Å². The lowest BCUT2D eigenvalue weighted by Crippen LogP contribution is -1.98. The van der Waals surface area contributed by atoms with Gasteiger partial charge in [-0.25, -0.2) is 0 Å². The van der Waals surface area contributed by atoms with Gasteiger partial charge in [-0.3, -0.25) is 0 Å². The summed E-state index contributed by atoms with van der Waals surface area (Å²) in [5.41, 5.74) is 0. The molecule has 0 saturated carbocycles. The maximum absolute atomic E-state index is 2.52. The molecule has 0 N–H and O–H groups in total. The molecule has 1 atom stereocenters. The molecule has 0 amide bonds. The van der Waals surface area contributed by atoms with E-state index in [1.807, 2.05) is 0 Å². The fraction of sp³-hybridized carbons (Fsp3) is 0.857. The van der Waals surface area contributed by atoms with Gasteiger partial charge < -0.3 is 0 Å². The average molecular weight is 477 g/mol. The maximum atomic E-state index is 2.52. The van der Waals surface area contributed by atoms with Crippen LogP contribution in [0.2, 0.25) is 0 Å². The van der Waals surface area contributed by atoms with E-state index in [4.69, 9.17) is 0 Å². The van der Waals surface area contributed by atoms with Crippen LogP contribution in [0.25, 0.3) is 0 Å². The van der Waals surface area contributed by atoms with Gasteiger partial charge in [0.1, 0.15) is 1.93 Å². The zero-order valence-electron chi connectivity index (χ0n) is 6.04. The molecule has 1 unspecified atom stereocenters. The number of alkyl halides is 1. The van der Waals surface area contributed by atoms with E-state index in [0.29, 0.717) is 0 Å². The average Bonchev–Trinajstić information content (AvgIpc) is 1.88. The molecule has 0 aliphatic rings. The monoisotopic (exact) mass is 477 g/mol. The Kier molecular flexibility index (Phi) is 9.53. The fourth-order valence-corrected chi connectivity index (χ4v) is 1.75. The molecule has 3 heteroatoms. The molecule has 0 heterocycles. The predicted molar refractivity (Wildman–Crippen MR) is 73.2 cm³/mol. The quantitative estimate of drug-likeness (QED) is 0.306. The van der Waals surface area contributed by atoms with Crippen molar-refractivity contribution < 1.29 is 0 Å². The highest BCUT2D eigenvalue weighted by molar-refractivity contribution is 14.2. The Hall–Kier alpha value is 2.19. The molecule has 0 aromatic carbocycles. The first-order chi connectivity index (χ1) is 4.68. The van der Waals surface area contributed by atoms with E-state index in [2.05, 4.69) is 74.7 Å². The summed E-state index contributed by atoms with van der Waals surface area (Å²) in [4.78, 5) is 0. The highest BCUT2D eigenvalue weighted by atomic mass is 127. The molecule has 0 spiro atoms. The number of rotatable bonds is 5. The highest BCUT2D eigenvalue weighted by Crippen LogP contribution is 2.33. The standard InChI is InChI=1S/C7H12I3/c1-2-3-4-5-6(8)7(9)10/h6H,2-5H2,1H3. The minimum absolute atomic E-state index is 0.783. The first-order valence-corrected chi connectivity index (χ1v) is 6.90. The second-order valence-corrected chi connectivity index (χ2v) is 8.15. The second-order valence-electron chi connectivity index (χ2n) is 2.25. The van der Waals surface area contributed by atoms with Crippen LogP contribution in [0.4, 0.5) is 0 Å². The molecule has 0 rings (SSSR count). The Labute approximate surface area is 105 Å². The molecule has 0 saturated heterocycles. The number of halogens is 3. The van der Waals surface area contributed by atoms with Crippen LogP contribution in [-0.2, 0) is 0 Å². The van der Waals surface area contributed by atoms with Crippen molar-refractivity contribution in [3.63, 3.8) is 0 Å². The summed E-state index contributed by atoms with van der Waals surface area (Å²) in [5, 5.41) is 0. The zero-order valence-corrected chi connectivity index (χ0v) is 12.5. The van der Waals surface area contributed by atoms with E-state index in [1.54, 1.807) is 0 Å². The molecule has 0 aliphatic carbocycles. The van der Waals surface area contributed by atoms with Gasteiger partial charge >= 0.3 is 0 Å². The minimum atomic E-state index is 0.783. The largest absolute Gasteiger partial charge is 0.110 e. The first kappa shape index (κ1) is 12.2. The van der Waals surface area contributed by atoms with Gasteiger partial charge in [-0.2, -0.15) is 0 Å². The van der Waals surface area contributed by atoms with Gasteiger partial charge in [-0.1, -0.05) is 94.0 Å². The molecule has 0 aromatic rings. The SMILES string of the molecule is CCCCCC(I)[C](I)I. The molecular formula is C7H12I3. The molecule has 61 valence electrons. The third-order valence-electron chi connectivity index (χ3n) is 1.30. The highest BCUT2D eigenvalue weighted by Gasteiger charge is 2.11. The third kappa shape index (κ3) is 6.87.